The highest BCUT2D eigenvalue weighted by atomic mass is 32.2. The number of H-pyrrole nitrogens is 1. The van der Waals surface area contributed by atoms with Gasteiger partial charge in [0.25, 0.3) is 5.91 Å². The van der Waals surface area contributed by atoms with E-state index in [-0.39, 0.29) is 5.91 Å². The van der Waals surface area contributed by atoms with Crippen molar-refractivity contribution >= 4 is 46.0 Å². The van der Waals surface area contributed by atoms with Crippen molar-refractivity contribution in [1.82, 2.24) is 25.2 Å². The monoisotopic (exact) mass is 488 g/mol. The highest BCUT2D eigenvalue weighted by Gasteiger charge is 2.33. The summed E-state index contributed by atoms with van der Waals surface area (Å²) in [6.07, 6.45) is 1.90. The van der Waals surface area contributed by atoms with Crippen molar-refractivity contribution in [2.24, 2.45) is 0 Å². The maximum atomic E-state index is 13.2. The zero-order valence-electron chi connectivity index (χ0n) is 18.6. The number of anilines is 1. The molecule has 0 bridgehead atoms. The van der Waals surface area contributed by atoms with E-state index in [0.717, 1.165) is 28.2 Å². The summed E-state index contributed by atoms with van der Waals surface area (Å²) >= 11 is 6.83. The minimum absolute atomic E-state index is 0.146. The summed E-state index contributed by atoms with van der Waals surface area (Å²) in [5.41, 5.74) is 5.52. The van der Waals surface area contributed by atoms with E-state index < -0.39 is 0 Å². The van der Waals surface area contributed by atoms with Gasteiger partial charge in [0.15, 0.2) is 4.32 Å². The smallest absolute Gasteiger partial charge is 0.270 e. The highest BCUT2D eigenvalue weighted by molar-refractivity contribution is 8.27. The van der Waals surface area contributed by atoms with E-state index in [1.54, 1.807) is 18.1 Å². The average molecular weight is 489 g/mol. The van der Waals surface area contributed by atoms with Crippen LogP contribution in [0.1, 0.15) is 17.0 Å². The zero-order valence-corrected chi connectivity index (χ0v) is 20.3. The first-order chi connectivity index (χ1) is 16.5. The van der Waals surface area contributed by atoms with Crippen LogP contribution in [0.2, 0.25) is 0 Å². The number of amides is 1. The molecule has 1 saturated heterocycles. The molecule has 1 fully saturated rings. The van der Waals surface area contributed by atoms with Crippen LogP contribution >= 0.6 is 24.0 Å². The number of methoxy groups -OCH3 is 1. The number of aryl methyl sites for hydroxylation is 1. The fourth-order valence-electron chi connectivity index (χ4n) is 3.98. The van der Waals surface area contributed by atoms with Gasteiger partial charge in [-0.15, -0.1) is 10.2 Å². The van der Waals surface area contributed by atoms with Gasteiger partial charge in [0.1, 0.15) is 5.75 Å². The standard InChI is InChI=1S/C24H20N6O2S2/c1-14-10-17(15(2)29(14)18-7-4-6-16(11-18)22-25-27-28-26-22)12-21-23(31)30(24(33)34-21)19-8-5-9-20(13-19)32-3/h4-13H,1-3H3,(H,25,26,27,28)/b21-12-. The lowest BCUT2D eigenvalue weighted by molar-refractivity contribution is -0.113. The van der Waals surface area contributed by atoms with Crippen molar-refractivity contribution in [3.63, 3.8) is 0 Å². The van der Waals surface area contributed by atoms with Gasteiger partial charge in [-0.3, -0.25) is 9.69 Å². The van der Waals surface area contributed by atoms with E-state index in [4.69, 9.17) is 17.0 Å². The van der Waals surface area contributed by atoms with Crippen LogP contribution in [0.4, 0.5) is 5.69 Å². The first-order valence-corrected chi connectivity index (χ1v) is 11.6. The molecule has 5 rings (SSSR count). The number of hydrogen-bond donors (Lipinski definition) is 1. The molecule has 0 radical (unpaired) electrons. The number of hydrogen-bond acceptors (Lipinski definition) is 7. The number of tetrazole rings is 1. The van der Waals surface area contributed by atoms with E-state index in [9.17, 15) is 4.79 Å². The fourth-order valence-corrected chi connectivity index (χ4v) is 5.27. The largest absolute Gasteiger partial charge is 0.497 e. The molecule has 2 aromatic heterocycles. The molecule has 34 heavy (non-hydrogen) atoms. The van der Waals surface area contributed by atoms with Crippen molar-refractivity contribution in [2.75, 3.05) is 12.0 Å². The Balaban J connectivity index is 1.49. The van der Waals surface area contributed by atoms with E-state index in [2.05, 4.69) is 31.3 Å². The summed E-state index contributed by atoms with van der Waals surface area (Å²) in [4.78, 5) is 15.4. The third-order valence-corrected chi connectivity index (χ3v) is 6.87. The Hall–Kier alpha value is -3.76. The van der Waals surface area contributed by atoms with E-state index in [1.807, 2.05) is 62.4 Å². The fraction of sp³-hybridized carbons (Fsp3) is 0.125. The number of nitrogens with one attached hydrogen (secondary N) is 1. The molecular weight excluding hydrogens is 468 g/mol. The molecule has 0 aliphatic carbocycles. The first kappa shape index (κ1) is 22.1. The van der Waals surface area contributed by atoms with Crippen LogP contribution < -0.4 is 9.64 Å². The van der Waals surface area contributed by atoms with Crippen molar-refractivity contribution in [3.05, 3.63) is 76.5 Å². The van der Waals surface area contributed by atoms with Crippen LogP contribution in [0.25, 0.3) is 23.2 Å². The van der Waals surface area contributed by atoms with Gasteiger partial charge in [0, 0.05) is 28.7 Å². The van der Waals surface area contributed by atoms with Gasteiger partial charge in [-0.1, -0.05) is 42.2 Å². The SMILES string of the molecule is COc1cccc(N2C(=O)/C(=C/c3cc(C)n(-c4cccc(-c5nn[nH]n5)c4)c3C)SC2=S)c1. The molecule has 0 saturated carbocycles. The average Bonchev–Trinajstić information content (AvgIpc) is 3.54. The predicted molar refractivity (Wildman–Crippen MR) is 137 cm³/mol. The molecule has 1 amide bonds. The Labute approximate surface area is 205 Å². The minimum Gasteiger partial charge on any atom is -0.497 e. The van der Waals surface area contributed by atoms with Crippen molar-refractivity contribution < 1.29 is 9.53 Å². The lowest BCUT2D eigenvalue weighted by Gasteiger charge is -2.15. The van der Waals surface area contributed by atoms with Crippen LogP contribution in [0.3, 0.4) is 0 Å². The number of carbonyl (C=O) groups is 1. The number of nitrogens with zero attached hydrogens (tertiary/aromatic N) is 5. The third kappa shape index (κ3) is 3.91. The van der Waals surface area contributed by atoms with Gasteiger partial charge in [-0.05, 0) is 61.0 Å². The van der Waals surface area contributed by atoms with Gasteiger partial charge in [-0.25, -0.2) is 0 Å². The van der Waals surface area contributed by atoms with Crippen LogP contribution in [0.5, 0.6) is 5.75 Å². The number of thioether (sulfide) groups is 1. The number of carbonyl (C=O) groups excluding carboxylic acids is 1. The molecule has 0 spiro atoms. The number of aromatic amines is 1. The maximum Gasteiger partial charge on any atom is 0.270 e. The first-order valence-electron chi connectivity index (χ1n) is 10.4. The molecule has 3 heterocycles. The molecule has 0 unspecified atom stereocenters. The molecule has 1 N–H and O–H groups in total. The molecule has 0 atom stereocenters. The van der Waals surface area contributed by atoms with Gasteiger partial charge in [-0.2, -0.15) is 5.21 Å². The highest BCUT2D eigenvalue weighted by Crippen LogP contribution is 2.38. The summed E-state index contributed by atoms with van der Waals surface area (Å²) in [5.74, 6) is 1.06. The Morgan fingerprint density at radius 1 is 1.09 bits per heavy atom. The van der Waals surface area contributed by atoms with Crippen molar-refractivity contribution in [1.29, 1.82) is 0 Å². The van der Waals surface area contributed by atoms with Crippen LogP contribution in [0, 0.1) is 13.8 Å². The summed E-state index contributed by atoms with van der Waals surface area (Å²) < 4.78 is 7.92. The Kier molecular flexibility index (Phi) is 5.76. The molecular formula is C24H20N6O2S2. The summed E-state index contributed by atoms with van der Waals surface area (Å²) in [7, 11) is 1.59. The number of thiocarbonyl (C=S) groups is 1. The lowest BCUT2D eigenvalue weighted by Crippen LogP contribution is -2.27. The van der Waals surface area contributed by atoms with Crippen LogP contribution in [-0.2, 0) is 4.79 Å². The summed E-state index contributed by atoms with van der Waals surface area (Å²) in [6, 6.07) is 17.3. The summed E-state index contributed by atoms with van der Waals surface area (Å²) in [6.45, 7) is 4.06. The molecule has 8 nitrogen and oxygen atoms in total. The van der Waals surface area contributed by atoms with Gasteiger partial charge in [0.2, 0.25) is 5.82 Å². The topological polar surface area (TPSA) is 88.9 Å². The van der Waals surface area contributed by atoms with Crippen molar-refractivity contribution in [2.45, 2.75) is 13.8 Å². The van der Waals surface area contributed by atoms with Gasteiger partial charge in [0.05, 0.1) is 17.7 Å². The van der Waals surface area contributed by atoms with E-state index in [1.165, 1.54) is 11.8 Å². The quantitative estimate of drug-likeness (QED) is 0.322. The number of ether oxygens (including phenoxy) is 1. The molecule has 1 aliphatic heterocycles. The normalized spacial score (nSPS) is 14.9. The molecule has 10 heteroatoms. The lowest BCUT2D eigenvalue weighted by atomic mass is 10.2. The number of benzene rings is 2. The van der Waals surface area contributed by atoms with E-state index >= 15 is 0 Å². The van der Waals surface area contributed by atoms with Crippen LogP contribution in [0.15, 0.2) is 59.5 Å². The summed E-state index contributed by atoms with van der Waals surface area (Å²) in [5, 5.41) is 14.3. The Bertz CT molecular complexity index is 1440. The second kappa shape index (κ2) is 8.88. The predicted octanol–water partition coefficient (Wildman–Crippen LogP) is 4.69. The zero-order chi connectivity index (χ0) is 23.8. The Morgan fingerprint density at radius 3 is 2.65 bits per heavy atom. The second-order valence-electron chi connectivity index (χ2n) is 7.67. The second-order valence-corrected chi connectivity index (χ2v) is 9.34. The number of aromatic nitrogens is 5. The molecule has 170 valence electrons. The maximum absolute atomic E-state index is 13.2. The third-order valence-electron chi connectivity index (χ3n) is 5.57. The van der Waals surface area contributed by atoms with Crippen LogP contribution in [-0.4, -0.2) is 42.5 Å². The molecule has 2 aromatic carbocycles. The minimum atomic E-state index is -0.146. The number of rotatable bonds is 5. The molecule has 4 aromatic rings. The Morgan fingerprint density at radius 2 is 1.88 bits per heavy atom. The van der Waals surface area contributed by atoms with Gasteiger partial charge >= 0.3 is 0 Å². The van der Waals surface area contributed by atoms with Gasteiger partial charge < -0.3 is 9.30 Å². The van der Waals surface area contributed by atoms with Crippen molar-refractivity contribution in [3.8, 4) is 22.8 Å². The van der Waals surface area contributed by atoms with E-state index in [0.29, 0.717) is 26.5 Å². The molecule has 1 aliphatic rings.